The molecular formula is C11H14Cl2N2O. The smallest absolute Gasteiger partial charge is 0.132 e. The lowest BCUT2D eigenvalue weighted by molar-refractivity contribution is 0.0819. The van der Waals surface area contributed by atoms with Crippen LogP contribution in [0.4, 0.5) is 5.69 Å². The predicted octanol–water partition coefficient (Wildman–Crippen LogP) is 3.00. The fraction of sp³-hybridized carbons (Fsp3) is 0.545. The molecule has 0 bridgehead atoms. The summed E-state index contributed by atoms with van der Waals surface area (Å²) in [6.07, 6.45) is 2.45. The van der Waals surface area contributed by atoms with E-state index in [1.807, 2.05) is 12.1 Å². The summed E-state index contributed by atoms with van der Waals surface area (Å²) in [5, 5.41) is 0.882. The summed E-state index contributed by atoms with van der Waals surface area (Å²) in [6, 6.07) is 3.70. The van der Waals surface area contributed by atoms with Gasteiger partial charge in [0.1, 0.15) is 10.3 Å². The van der Waals surface area contributed by atoms with Gasteiger partial charge in [-0.15, -0.1) is 0 Å². The van der Waals surface area contributed by atoms with Gasteiger partial charge >= 0.3 is 0 Å². The summed E-state index contributed by atoms with van der Waals surface area (Å²) in [4.78, 5) is 6.20. The summed E-state index contributed by atoms with van der Waals surface area (Å²) in [7, 11) is 1.76. The van der Waals surface area contributed by atoms with Crippen LogP contribution in [0, 0.1) is 0 Å². The minimum atomic E-state index is 0.379. The van der Waals surface area contributed by atoms with Gasteiger partial charge in [0, 0.05) is 25.9 Å². The Morgan fingerprint density at radius 2 is 1.81 bits per heavy atom. The van der Waals surface area contributed by atoms with Gasteiger partial charge in [-0.25, -0.2) is 4.98 Å². The van der Waals surface area contributed by atoms with Crippen molar-refractivity contribution in [2.75, 3.05) is 25.1 Å². The van der Waals surface area contributed by atoms with E-state index in [-0.39, 0.29) is 0 Å². The summed E-state index contributed by atoms with van der Waals surface area (Å²) >= 11 is 11.8. The van der Waals surface area contributed by atoms with Crippen molar-refractivity contribution in [2.45, 2.75) is 18.9 Å². The quantitative estimate of drug-likeness (QED) is 0.765. The van der Waals surface area contributed by atoms with Crippen LogP contribution in [0.1, 0.15) is 12.8 Å². The molecule has 0 unspecified atom stereocenters. The van der Waals surface area contributed by atoms with Gasteiger partial charge in [0.15, 0.2) is 0 Å². The summed E-state index contributed by atoms with van der Waals surface area (Å²) in [5.74, 6) is 0. The molecule has 0 aliphatic carbocycles. The van der Waals surface area contributed by atoms with Crippen LogP contribution < -0.4 is 4.90 Å². The first-order valence-electron chi connectivity index (χ1n) is 5.30. The molecule has 0 radical (unpaired) electrons. The van der Waals surface area contributed by atoms with Crippen LogP contribution in [-0.2, 0) is 4.74 Å². The number of anilines is 1. The highest BCUT2D eigenvalue weighted by Crippen LogP contribution is 2.25. The van der Waals surface area contributed by atoms with Crippen LogP contribution in [0.3, 0.4) is 0 Å². The van der Waals surface area contributed by atoms with Crippen molar-refractivity contribution in [3.8, 4) is 0 Å². The van der Waals surface area contributed by atoms with Gasteiger partial charge in [-0.05, 0) is 25.0 Å². The molecule has 1 aromatic heterocycles. The van der Waals surface area contributed by atoms with E-state index in [1.54, 1.807) is 7.11 Å². The first-order valence-corrected chi connectivity index (χ1v) is 6.05. The highest BCUT2D eigenvalue weighted by molar-refractivity contribution is 6.32. The molecule has 2 rings (SSSR count). The van der Waals surface area contributed by atoms with Crippen LogP contribution in [-0.4, -0.2) is 31.3 Å². The molecule has 1 aromatic rings. The van der Waals surface area contributed by atoms with Crippen molar-refractivity contribution in [3.05, 3.63) is 22.4 Å². The molecule has 0 aromatic carbocycles. The Bertz CT molecular complexity index is 345. The van der Waals surface area contributed by atoms with E-state index < -0.39 is 0 Å². The molecule has 0 saturated carbocycles. The largest absolute Gasteiger partial charge is 0.381 e. The Hall–Kier alpha value is -0.510. The third kappa shape index (κ3) is 2.78. The molecule has 0 amide bonds. The van der Waals surface area contributed by atoms with Gasteiger partial charge in [0.2, 0.25) is 0 Å². The number of nitrogens with zero attached hydrogens (tertiary/aromatic N) is 2. The molecule has 1 saturated heterocycles. The van der Waals surface area contributed by atoms with Gasteiger partial charge < -0.3 is 9.64 Å². The number of piperidine rings is 1. The molecule has 3 nitrogen and oxygen atoms in total. The average Bonchev–Trinajstić information content (AvgIpc) is 2.28. The number of rotatable bonds is 2. The summed E-state index contributed by atoms with van der Waals surface area (Å²) in [5.41, 5.74) is 1.04. The van der Waals surface area contributed by atoms with E-state index >= 15 is 0 Å². The summed E-state index contributed by atoms with van der Waals surface area (Å²) in [6.45, 7) is 1.93. The molecule has 1 aliphatic rings. The number of pyridine rings is 1. The standard InChI is InChI=1S/C11H14Cl2N2O/c1-16-9-2-4-15(5-3-9)8-6-10(12)14-11(13)7-8/h6-7,9H,2-5H2,1H3. The molecular weight excluding hydrogens is 247 g/mol. The van der Waals surface area contributed by atoms with Crippen molar-refractivity contribution >= 4 is 28.9 Å². The maximum atomic E-state index is 5.88. The Labute approximate surface area is 105 Å². The lowest BCUT2D eigenvalue weighted by Crippen LogP contribution is -2.36. The molecule has 2 heterocycles. The van der Waals surface area contributed by atoms with Crippen molar-refractivity contribution in [1.29, 1.82) is 0 Å². The minimum absolute atomic E-state index is 0.379. The second-order valence-corrected chi connectivity index (χ2v) is 4.67. The maximum Gasteiger partial charge on any atom is 0.132 e. The molecule has 5 heteroatoms. The Morgan fingerprint density at radius 3 is 2.31 bits per heavy atom. The molecule has 1 fully saturated rings. The van der Waals surface area contributed by atoms with Gasteiger partial charge in [-0.2, -0.15) is 0 Å². The topological polar surface area (TPSA) is 25.4 Å². The zero-order valence-electron chi connectivity index (χ0n) is 9.12. The molecule has 0 spiro atoms. The first-order chi connectivity index (χ1) is 7.69. The zero-order valence-corrected chi connectivity index (χ0v) is 10.6. The van der Waals surface area contributed by atoms with E-state index in [4.69, 9.17) is 27.9 Å². The van der Waals surface area contributed by atoms with E-state index in [0.717, 1.165) is 31.6 Å². The van der Waals surface area contributed by atoms with Gasteiger partial charge in [0.25, 0.3) is 0 Å². The van der Waals surface area contributed by atoms with E-state index in [1.165, 1.54) is 0 Å². The second-order valence-electron chi connectivity index (χ2n) is 3.89. The van der Waals surface area contributed by atoms with Crippen molar-refractivity contribution < 1.29 is 4.74 Å². The van der Waals surface area contributed by atoms with Crippen LogP contribution in [0.5, 0.6) is 0 Å². The van der Waals surface area contributed by atoms with E-state index in [2.05, 4.69) is 9.88 Å². The van der Waals surface area contributed by atoms with Crippen molar-refractivity contribution in [3.63, 3.8) is 0 Å². The first kappa shape index (κ1) is 12.0. The van der Waals surface area contributed by atoms with E-state index in [9.17, 15) is 0 Å². The van der Waals surface area contributed by atoms with Gasteiger partial charge in [0.05, 0.1) is 6.10 Å². The number of methoxy groups -OCH3 is 1. The minimum Gasteiger partial charge on any atom is -0.381 e. The monoisotopic (exact) mass is 260 g/mol. The third-order valence-corrected chi connectivity index (χ3v) is 3.28. The van der Waals surface area contributed by atoms with Gasteiger partial charge in [-0.3, -0.25) is 0 Å². The van der Waals surface area contributed by atoms with Gasteiger partial charge in [-0.1, -0.05) is 23.2 Å². The van der Waals surface area contributed by atoms with Crippen LogP contribution in [0.2, 0.25) is 10.3 Å². The van der Waals surface area contributed by atoms with Crippen LogP contribution >= 0.6 is 23.2 Å². The summed E-state index contributed by atoms with van der Waals surface area (Å²) < 4.78 is 5.33. The molecule has 0 N–H and O–H groups in total. The van der Waals surface area contributed by atoms with E-state index in [0.29, 0.717) is 16.4 Å². The Kier molecular flexibility index (Phi) is 3.90. The SMILES string of the molecule is COC1CCN(c2cc(Cl)nc(Cl)c2)CC1. The molecule has 1 aliphatic heterocycles. The lowest BCUT2D eigenvalue weighted by atomic mass is 10.1. The molecule has 0 atom stereocenters. The van der Waals surface area contributed by atoms with Crippen LogP contribution in [0.15, 0.2) is 12.1 Å². The fourth-order valence-electron chi connectivity index (χ4n) is 1.98. The number of ether oxygens (including phenoxy) is 1. The average molecular weight is 261 g/mol. The third-order valence-electron chi connectivity index (χ3n) is 2.89. The molecule has 16 heavy (non-hydrogen) atoms. The second kappa shape index (κ2) is 5.21. The highest BCUT2D eigenvalue weighted by atomic mass is 35.5. The van der Waals surface area contributed by atoms with Crippen molar-refractivity contribution in [2.24, 2.45) is 0 Å². The maximum absolute atomic E-state index is 5.88. The zero-order chi connectivity index (χ0) is 11.5. The van der Waals surface area contributed by atoms with Crippen LogP contribution in [0.25, 0.3) is 0 Å². The number of hydrogen-bond donors (Lipinski definition) is 0. The van der Waals surface area contributed by atoms with Crippen molar-refractivity contribution in [1.82, 2.24) is 4.98 Å². The predicted molar refractivity (Wildman–Crippen MR) is 66.5 cm³/mol. The Balaban J connectivity index is 2.08. The number of hydrogen-bond acceptors (Lipinski definition) is 3. The fourth-order valence-corrected chi connectivity index (χ4v) is 2.43. The normalized spacial score (nSPS) is 17.8. The number of halogens is 2. The Morgan fingerprint density at radius 1 is 1.25 bits per heavy atom. The highest BCUT2D eigenvalue weighted by Gasteiger charge is 2.19. The lowest BCUT2D eigenvalue weighted by Gasteiger charge is -2.32. The molecule has 88 valence electrons. The number of aromatic nitrogens is 1.